The number of nitrogens with zero attached hydrogens (tertiary/aromatic N) is 2. The Labute approximate surface area is 151 Å². The lowest BCUT2D eigenvalue weighted by atomic mass is 10.1. The Balaban J connectivity index is 1.81. The summed E-state index contributed by atoms with van der Waals surface area (Å²) in [5.74, 6) is 0.928. The van der Waals surface area contributed by atoms with Crippen LogP contribution in [0.1, 0.15) is 49.7 Å². The second kappa shape index (κ2) is 8.73. The van der Waals surface area contributed by atoms with Gasteiger partial charge in [0.15, 0.2) is 0 Å². The van der Waals surface area contributed by atoms with Crippen molar-refractivity contribution >= 4 is 0 Å². The first-order chi connectivity index (χ1) is 11.9. The van der Waals surface area contributed by atoms with E-state index in [-0.39, 0.29) is 6.10 Å². The van der Waals surface area contributed by atoms with Gasteiger partial charge in [-0.15, -0.1) is 0 Å². The molecule has 1 unspecified atom stereocenters. The van der Waals surface area contributed by atoms with Crippen molar-refractivity contribution in [2.75, 3.05) is 0 Å². The van der Waals surface area contributed by atoms with Crippen LogP contribution >= 0.6 is 0 Å². The summed E-state index contributed by atoms with van der Waals surface area (Å²) in [6.45, 7) is 9.14. The van der Waals surface area contributed by atoms with Crippen LogP contribution in [0.4, 0.5) is 0 Å². The minimum atomic E-state index is 0.207. The van der Waals surface area contributed by atoms with Crippen molar-refractivity contribution in [2.24, 2.45) is 7.05 Å². The molecule has 1 atom stereocenters. The van der Waals surface area contributed by atoms with Crippen molar-refractivity contribution in [1.82, 2.24) is 9.88 Å². The van der Waals surface area contributed by atoms with E-state index in [1.807, 2.05) is 43.7 Å². The average Bonchev–Trinajstić information content (AvgIpc) is 2.86. The number of hydrogen-bond acceptors (Lipinski definition) is 3. The van der Waals surface area contributed by atoms with E-state index >= 15 is 0 Å². The number of aryl methyl sites for hydroxylation is 1. The Morgan fingerprint density at radius 1 is 1.20 bits per heavy atom. The third-order valence-electron chi connectivity index (χ3n) is 4.56. The molecule has 25 heavy (non-hydrogen) atoms. The van der Waals surface area contributed by atoms with E-state index in [1.165, 1.54) is 11.1 Å². The molecule has 0 aliphatic rings. The third kappa shape index (κ3) is 5.37. The van der Waals surface area contributed by atoms with E-state index in [4.69, 9.17) is 10.00 Å². The zero-order valence-corrected chi connectivity index (χ0v) is 16.0. The SMILES string of the molecule is Cc1c(CNC(C)CCc2ccc(OC(C)C)cc2)cc(C#N)n1C. The number of rotatable bonds is 8. The summed E-state index contributed by atoms with van der Waals surface area (Å²) in [5.41, 5.74) is 4.39. The van der Waals surface area contributed by atoms with Gasteiger partial charge in [0.05, 0.1) is 6.10 Å². The molecular weight excluding hydrogens is 310 g/mol. The highest BCUT2D eigenvalue weighted by Crippen LogP contribution is 2.16. The second-order valence-corrected chi connectivity index (χ2v) is 6.94. The molecule has 134 valence electrons. The minimum absolute atomic E-state index is 0.207. The molecule has 4 heteroatoms. The molecule has 0 amide bonds. The summed E-state index contributed by atoms with van der Waals surface area (Å²) < 4.78 is 7.62. The maximum Gasteiger partial charge on any atom is 0.120 e. The van der Waals surface area contributed by atoms with Gasteiger partial charge < -0.3 is 14.6 Å². The Morgan fingerprint density at radius 2 is 1.88 bits per heavy atom. The third-order valence-corrected chi connectivity index (χ3v) is 4.56. The van der Waals surface area contributed by atoms with Crippen LogP contribution in [0.5, 0.6) is 5.75 Å². The highest BCUT2D eigenvalue weighted by Gasteiger charge is 2.10. The Kier molecular flexibility index (Phi) is 6.66. The molecule has 2 rings (SSSR count). The Hall–Kier alpha value is -2.25. The molecule has 0 saturated heterocycles. The van der Waals surface area contributed by atoms with Gasteiger partial charge in [0.2, 0.25) is 0 Å². The Bertz CT molecular complexity index is 723. The van der Waals surface area contributed by atoms with E-state index in [9.17, 15) is 0 Å². The van der Waals surface area contributed by atoms with E-state index in [0.29, 0.717) is 11.7 Å². The summed E-state index contributed by atoms with van der Waals surface area (Å²) in [6.07, 6.45) is 2.31. The van der Waals surface area contributed by atoms with Gasteiger partial charge in [-0.3, -0.25) is 0 Å². The molecule has 1 aromatic heterocycles. The van der Waals surface area contributed by atoms with Crippen LogP contribution in [0, 0.1) is 18.3 Å². The van der Waals surface area contributed by atoms with Crippen molar-refractivity contribution < 1.29 is 4.74 Å². The van der Waals surface area contributed by atoms with E-state index in [1.54, 1.807) is 0 Å². The standard InChI is InChI=1S/C21H29N3O/c1-15(2)25-21-10-8-18(9-11-21)7-6-16(3)23-14-19-12-20(13-22)24(5)17(19)4/h8-12,15-16,23H,6-7,14H2,1-5H3. The number of hydrogen-bond donors (Lipinski definition) is 1. The van der Waals surface area contributed by atoms with Crippen LogP contribution in [0.2, 0.25) is 0 Å². The van der Waals surface area contributed by atoms with E-state index in [0.717, 1.165) is 30.8 Å². The molecule has 1 N–H and O–H groups in total. The monoisotopic (exact) mass is 339 g/mol. The fourth-order valence-corrected chi connectivity index (χ4v) is 2.82. The molecule has 0 fully saturated rings. The smallest absolute Gasteiger partial charge is 0.120 e. The molecule has 1 heterocycles. The second-order valence-electron chi connectivity index (χ2n) is 6.94. The first kappa shape index (κ1) is 19.1. The van der Waals surface area contributed by atoms with E-state index in [2.05, 4.69) is 37.4 Å². The minimum Gasteiger partial charge on any atom is -0.491 e. The average molecular weight is 339 g/mol. The summed E-state index contributed by atoms with van der Waals surface area (Å²) in [5, 5.41) is 12.7. The van der Waals surface area contributed by atoms with Crippen LogP contribution < -0.4 is 10.1 Å². The van der Waals surface area contributed by atoms with Crippen LogP contribution in [-0.2, 0) is 20.0 Å². The van der Waals surface area contributed by atoms with Gasteiger partial charge in [0.25, 0.3) is 0 Å². The molecule has 0 saturated carbocycles. The van der Waals surface area contributed by atoms with Crippen molar-refractivity contribution in [3.05, 3.63) is 52.8 Å². The molecule has 0 radical (unpaired) electrons. The predicted octanol–water partition coefficient (Wildman–Crippen LogP) is 4.10. The van der Waals surface area contributed by atoms with Crippen LogP contribution in [0.3, 0.4) is 0 Å². The van der Waals surface area contributed by atoms with Crippen molar-refractivity contribution in [3.8, 4) is 11.8 Å². The zero-order valence-electron chi connectivity index (χ0n) is 16.0. The number of benzene rings is 1. The number of aromatic nitrogens is 1. The van der Waals surface area contributed by atoms with Gasteiger partial charge in [-0.25, -0.2) is 0 Å². The number of ether oxygens (including phenoxy) is 1. The highest BCUT2D eigenvalue weighted by atomic mass is 16.5. The first-order valence-electron chi connectivity index (χ1n) is 8.95. The number of nitriles is 1. The molecule has 2 aromatic rings. The van der Waals surface area contributed by atoms with Gasteiger partial charge >= 0.3 is 0 Å². The van der Waals surface area contributed by atoms with Gasteiger partial charge in [-0.2, -0.15) is 5.26 Å². The van der Waals surface area contributed by atoms with Gasteiger partial charge in [0, 0.05) is 25.3 Å². The zero-order chi connectivity index (χ0) is 18.4. The molecule has 1 aromatic carbocycles. The fourth-order valence-electron chi connectivity index (χ4n) is 2.82. The van der Waals surface area contributed by atoms with Crippen molar-refractivity contribution in [1.29, 1.82) is 5.26 Å². The highest BCUT2D eigenvalue weighted by molar-refractivity contribution is 5.34. The summed E-state index contributed by atoms with van der Waals surface area (Å²) in [6, 6.07) is 13.0. The van der Waals surface area contributed by atoms with Crippen LogP contribution in [0.25, 0.3) is 0 Å². The lowest BCUT2D eigenvalue weighted by Gasteiger charge is -2.14. The first-order valence-corrected chi connectivity index (χ1v) is 8.95. The normalized spacial score (nSPS) is 12.2. The molecular formula is C21H29N3O. The van der Waals surface area contributed by atoms with Crippen LogP contribution in [-0.4, -0.2) is 16.7 Å². The summed E-state index contributed by atoms with van der Waals surface area (Å²) >= 11 is 0. The Morgan fingerprint density at radius 3 is 2.44 bits per heavy atom. The van der Waals surface area contributed by atoms with Crippen molar-refractivity contribution in [3.63, 3.8) is 0 Å². The molecule has 0 aliphatic heterocycles. The molecule has 0 spiro atoms. The number of nitrogens with one attached hydrogen (secondary N) is 1. The molecule has 4 nitrogen and oxygen atoms in total. The molecule has 0 aliphatic carbocycles. The lowest BCUT2D eigenvalue weighted by molar-refractivity contribution is 0.242. The topological polar surface area (TPSA) is 50.0 Å². The van der Waals surface area contributed by atoms with Crippen molar-refractivity contribution in [2.45, 2.75) is 59.2 Å². The van der Waals surface area contributed by atoms with Gasteiger partial charge in [0.1, 0.15) is 17.5 Å². The molecule has 0 bridgehead atoms. The maximum atomic E-state index is 9.11. The van der Waals surface area contributed by atoms with E-state index < -0.39 is 0 Å². The summed E-state index contributed by atoms with van der Waals surface area (Å²) in [7, 11) is 1.94. The van der Waals surface area contributed by atoms with Gasteiger partial charge in [-0.1, -0.05) is 12.1 Å². The maximum absolute atomic E-state index is 9.11. The fraction of sp³-hybridized carbons (Fsp3) is 0.476. The van der Waals surface area contributed by atoms with Crippen LogP contribution in [0.15, 0.2) is 30.3 Å². The summed E-state index contributed by atoms with van der Waals surface area (Å²) in [4.78, 5) is 0. The van der Waals surface area contributed by atoms with Gasteiger partial charge in [-0.05, 0) is 69.9 Å². The predicted molar refractivity (Wildman–Crippen MR) is 102 cm³/mol. The lowest BCUT2D eigenvalue weighted by Crippen LogP contribution is -2.26. The quantitative estimate of drug-likeness (QED) is 0.787. The largest absolute Gasteiger partial charge is 0.491 e.